The average molecular weight is 312 g/mol. The Hall–Kier alpha value is -1.75. The van der Waals surface area contributed by atoms with Gasteiger partial charge >= 0.3 is 5.97 Å². The zero-order chi connectivity index (χ0) is 15.5. The van der Waals surface area contributed by atoms with E-state index in [4.69, 9.17) is 16.3 Å². The van der Waals surface area contributed by atoms with Crippen molar-refractivity contribution in [3.63, 3.8) is 0 Å². The molecule has 0 bridgehead atoms. The second-order valence-corrected chi connectivity index (χ2v) is 5.68. The Morgan fingerprint density at radius 3 is 2.52 bits per heavy atom. The van der Waals surface area contributed by atoms with Gasteiger partial charge in [0.2, 0.25) is 0 Å². The molecule has 1 atom stereocenters. The number of hydrogen-bond acceptors (Lipinski definition) is 3. The van der Waals surface area contributed by atoms with Gasteiger partial charge in [0.05, 0.1) is 5.02 Å². The van der Waals surface area contributed by atoms with E-state index in [1.54, 1.807) is 31.2 Å². The van der Waals surface area contributed by atoms with Gasteiger partial charge in [-0.1, -0.05) is 36.6 Å². The van der Waals surface area contributed by atoms with Crippen molar-refractivity contribution in [1.29, 1.82) is 0 Å². The van der Waals surface area contributed by atoms with E-state index in [2.05, 4.69) is 5.32 Å². The Balaban J connectivity index is 2.03. The van der Waals surface area contributed by atoms with Crippen LogP contribution < -0.4 is 10.1 Å². The molecule has 0 aromatic heterocycles. The van der Waals surface area contributed by atoms with Crippen LogP contribution in [0.1, 0.15) is 32.6 Å². The molecule has 114 valence electrons. The Bertz CT molecular complexity index is 540. The molecular formula is C15H18ClNO4. The van der Waals surface area contributed by atoms with Crippen LogP contribution in [0.3, 0.4) is 0 Å². The highest BCUT2D eigenvalue weighted by atomic mass is 35.5. The van der Waals surface area contributed by atoms with Crippen LogP contribution in [-0.2, 0) is 9.59 Å². The van der Waals surface area contributed by atoms with Crippen LogP contribution in [0.15, 0.2) is 24.3 Å². The number of benzene rings is 1. The van der Waals surface area contributed by atoms with Gasteiger partial charge in [-0.2, -0.15) is 0 Å². The van der Waals surface area contributed by atoms with E-state index < -0.39 is 23.5 Å². The normalized spacial score (nSPS) is 18.0. The van der Waals surface area contributed by atoms with Crippen LogP contribution >= 0.6 is 11.6 Å². The van der Waals surface area contributed by atoms with Crippen LogP contribution in [0.4, 0.5) is 0 Å². The summed E-state index contributed by atoms with van der Waals surface area (Å²) in [6, 6.07) is 6.84. The van der Waals surface area contributed by atoms with Gasteiger partial charge in [0.1, 0.15) is 11.3 Å². The minimum atomic E-state index is -1.16. The highest BCUT2D eigenvalue weighted by Crippen LogP contribution is 2.30. The first-order valence-electron chi connectivity index (χ1n) is 6.91. The molecule has 0 spiro atoms. The number of rotatable bonds is 5. The number of ether oxygens (including phenoxy) is 1. The lowest BCUT2D eigenvalue weighted by atomic mass is 9.97. The number of aliphatic carboxylic acids is 1. The summed E-state index contributed by atoms with van der Waals surface area (Å²) >= 11 is 5.97. The molecule has 0 saturated heterocycles. The summed E-state index contributed by atoms with van der Waals surface area (Å²) in [5.41, 5.74) is -1.16. The van der Waals surface area contributed by atoms with E-state index in [9.17, 15) is 14.7 Å². The van der Waals surface area contributed by atoms with Gasteiger partial charge < -0.3 is 15.2 Å². The van der Waals surface area contributed by atoms with Crippen molar-refractivity contribution in [2.24, 2.45) is 0 Å². The maximum Gasteiger partial charge on any atom is 0.329 e. The van der Waals surface area contributed by atoms with Gasteiger partial charge in [0.25, 0.3) is 5.91 Å². The molecule has 0 radical (unpaired) electrons. The first-order chi connectivity index (χ1) is 9.94. The SMILES string of the molecule is CC(Oc1ccccc1Cl)C(=O)NC1(C(=O)O)CCCC1. The predicted molar refractivity (Wildman–Crippen MR) is 78.5 cm³/mol. The van der Waals surface area contributed by atoms with Crippen LogP contribution in [0.25, 0.3) is 0 Å². The second kappa shape index (κ2) is 6.35. The molecule has 1 aromatic rings. The zero-order valence-corrected chi connectivity index (χ0v) is 12.5. The number of hydrogen-bond donors (Lipinski definition) is 2. The predicted octanol–water partition coefficient (Wildman–Crippen LogP) is 2.62. The molecule has 2 rings (SSSR count). The fourth-order valence-corrected chi connectivity index (χ4v) is 2.67. The number of halogens is 1. The van der Waals surface area contributed by atoms with E-state index in [-0.39, 0.29) is 0 Å². The van der Waals surface area contributed by atoms with Crippen molar-refractivity contribution < 1.29 is 19.4 Å². The summed E-state index contributed by atoms with van der Waals surface area (Å²) in [5.74, 6) is -1.03. The minimum Gasteiger partial charge on any atom is -0.480 e. The molecule has 1 aliphatic rings. The first-order valence-corrected chi connectivity index (χ1v) is 7.29. The minimum absolute atomic E-state index is 0.401. The maximum absolute atomic E-state index is 12.2. The molecule has 0 heterocycles. The fraction of sp³-hybridized carbons (Fsp3) is 0.467. The van der Waals surface area contributed by atoms with Gasteiger partial charge in [0.15, 0.2) is 6.10 Å². The first kappa shape index (κ1) is 15.6. The summed E-state index contributed by atoms with van der Waals surface area (Å²) in [7, 11) is 0. The molecule has 1 amide bonds. The largest absolute Gasteiger partial charge is 0.480 e. The van der Waals surface area contributed by atoms with Gasteiger partial charge in [-0.05, 0) is 31.9 Å². The third kappa shape index (κ3) is 3.47. The van der Waals surface area contributed by atoms with Gasteiger partial charge in [0, 0.05) is 0 Å². The molecule has 1 aromatic carbocycles. The Morgan fingerprint density at radius 2 is 1.95 bits per heavy atom. The van der Waals surface area contributed by atoms with Crippen molar-refractivity contribution in [3.8, 4) is 5.75 Å². The zero-order valence-electron chi connectivity index (χ0n) is 11.8. The van der Waals surface area contributed by atoms with Crippen molar-refractivity contribution in [3.05, 3.63) is 29.3 Å². The Kier molecular flexibility index (Phi) is 4.73. The van der Waals surface area contributed by atoms with Crippen molar-refractivity contribution in [1.82, 2.24) is 5.32 Å². The molecule has 6 heteroatoms. The molecule has 21 heavy (non-hydrogen) atoms. The molecule has 2 N–H and O–H groups in total. The Labute approximate surface area is 128 Å². The average Bonchev–Trinajstić information content (AvgIpc) is 2.91. The lowest BCUT2D eigenvalue weighted by Crippen LogP contribution is -2.55. The second-order valence-electron chi connectivity index (χ2n) is 5.27. The monoisotopic (exact) mass is 311 g/mol. The van der Waals surface area contributed by atoms with E-state index >= 15 is 0 Å². The van der Waals surface area contributed by atoms with Gasteiger partial charge in [-0.15, -0.1) is 0 Å². The van der Waals surface area contributed by atoms with E-state index in [1.807, 2.05) is 0 Å². The maximum atomic E-state index is 12.2. The summed E-state index contributed by atoms with van der Waals surface area (Å²) in [4.78, 5) is 23.6. The molecule has 1 saturated carbocycles. The van der Waals surface area contributed by atoms with E-state index in [1.165, 1.54) is 0 Å². The number of nitrogens with one attached hydrogen (secondary N) is 1. The molecule has 1 fully saturated rings. The lowest BCUT2D eigenvalue weighted by molar-refractivity contribution is -0.148. The molecule has 1 aliphatic carbocycles. The summed E-state index contributed by atoms with van der Waals surface area (Å²) < 4.78 is 5.51. The molecule has 1 unspecified atom stereocenters. The van der Waals surface area contributed by atoms with Crippen molar-refractivity contribution >= 4 is 23.5 Å². The Morgan fingerprint density at radius 1 is 1.33 bits per heavy atom. The van der Waals surface area contributed by atoms with Crippen LogP contribution in [0.5, 0.6) is 5.75 Å². The van der Waals surface area contributed by atoms with Crippen LogP contribution in [-0.4, -0.2) is 28.6 Å². The lowest BCUT2D eigenvalue weighted by Gasteiger charge is -2.27. The van der Waals surface area contributed by atoms with Crippen LogP contribution in [0, 0.1) is 0 Å². The number of carbonyl (C=O) groups is 2. The third-order valence-electron chi connectivity index (χ3n) is 3.74. The van der Waals surface area contributed by atoms with Crippen molar-refractivity contribution in [2.75, 3.05) is 0 Å². The smallest absolute Gasteiger partial charge is 0.329 e. The highest BCUT2D eigenvalue weighted by Gasteiger charge is 2.43. The molecule has 0 aliphatic heterocycles. The molecular weight excluding hydrogens is 294 g/mol. The van der Waals surface area contributed by atoms with E-state index in [0.29, 0.717) is 23.6 Å². The summed E-state index contributed by atoms with van der Waals surface area (Å²) in [5, 5.41) is 12.4. The number of carboxylic acids is 1. The third-order valence-corrected chi connectivity index (χ3v) is 4.05. The molecule has 5 nitrogen and oxygen atoms in total. The van der Waals surface area contributed by atoms with Gasteiger partial charge in [-0.3, -0.25) is 4.79 Å². The van der Waals surface area contributed by atoms with Gasteiger partial charge in [-0.25, -0.2) is 4.79 Å². The number of amides is 1. The highest BCUT2D eigenvalue weighted by molar-refractivity contribution is 6.32. The van der Waals surface area contributed by atoms with Crippen molar-refractivity contribution in [2.45, 2.75) is 44.2 Å². The number of para-hydroxylation sites is 1. The standard InChI is InChI=1S/C15H18ClNO4/c1-10(21-12-7-3-2-6-11(12)16)13(18)17-15(14(19)20)8-4-5-9-15/h2-3,6-7,10H,4-5,8-9H2,1H3,(H,17,18)(H,19,20). The quantitative estimate of drug-likeness (QED) is 0.876. The fourth-order valence-electron chi connectivity index (χ4n) is 2.49. The van der Waals surface area contributed by atoms with E-state index in [0.717, 1.165) is 12.8 Å². The summed E-state index contributed by atoms with van der Waals surface area (Å²) in [6.07, 6.45) is 1.68. The topological polar surface area (TPSA) is 75.6 Å². The number of carbonyl (C=O) groups excluding carboxylic acids is 1. The van der Waals surface area contributed by atoms with Crippen LogP contribution in [0.2, 0.25) is 5.02 Å². The summed E-state index contributed by atoms with van der Waals surface area (Å²) in [6.45, 7) is 1.57. The number of carboxylic acid groups (broad SMARTS) is 1.